The van der Waals surface area contributed by atoms with Crippen LogP contribution in [0.3, 0.4) is 0 Å². The van der Waals surface area contributed by atoms with Gasteiger partial charge in [-0.15, -0.1) is 0 Å². The van der Waals surface area contributed by atoms with Crippen LogP contribution >= 0.6 is 0 Å². The number of pyridine rings is 1. The Hall–Kier alpha value is -2.70. The summed E-state index contributed by atoms with van der Waals surface area (Å²) in [6, 6.07) is 3.61. The van der Waals surface area contributed by atoms with E-state index in [1.54, 1.807) is 12.3 Å². The van der Waals surface area contributed by atoms with Crippen molar-refractivity contribution in [2.75, 3.05) is 0 Å². The predicted octanol–water partition coefficient (Wildman–Crippen LogP) is 0.244. The standard InChI is InChI=1S/C13H14N4O3/c1-8-5-4-6-14-10(8)15-7-9-11(18)16(2)13(20)17(3)12(9)19/h4-7,18H,1-3H3/b15-7+. The van der Waals surface area contributed by atoms with Gasteiger partial charge >= 0.3 is 5.69 Å². The summed E-state index contributed by atoms with van der Waals surface area (Å²) < 4.78 is 1.89. The van der Waals surface area contributed by atoms with Crippen LogP contribution in [-0.4, -0.2) is 25.4 Å². The van der Waals surface area contributed by atoms with Gasteiger partial charge in [-0.2, -0.15) is 0 Å². The number of aryl methyl sites for hydroxylation is 1. The van der Waals surface area contributed by atoms with Crippen molar-refractivity contribution in [1.82, 2.24) is 14.1 Å². The van der Waals surface area contributed by atoms with Gasteiger partial charge in [-0.05, 0) is 18.6 Å². The van der Waals surface area contributed by atoms with Crippen LogP contribution in [0.25, 0.3) is 0 Å². The summed E-state index contributed by atoms with van der Waals surface area (Å²) in [5.74, 6) is 0.0261. The van der Waals surface area contributed by atoms with Gasteiger partial charge in [0.25, 0.3) is 5.56 Å². The summed E-state index contributed by atoms with van der Waals surface area (Å²) in [5, 5.41) is 9.87. The molecule has 2 aromatic heterocycles. The quantitative estimate of drug-likeness (QED) is 0.794. The Bertz CT molecular complexity index is 802. The van der Waals surface area contributed by atoms with Crippen LogP contribution in [0.1, 0.15) is 11.1 Å². The molecular formula is C13H14N4O3. The molecule has 0 bridgehead atoms. The number of aromatic nitrogens is 3. The van der Waals surface area contributed by atoms with E-state index >= 15 is 0 Å². The summed E-state index contributed by atoms with van der Waals surface area (Å²) in [6.07, 6.45) is 2.80. The zero-order chi connectivity index (χ0) is 14.9. The molecule has 0 saturated carbocycles. The molecule has 0 amide bonds. The molecule has 0 aliphatic carbocycles. The lowest BCUT2D eigenvalue weighted by Gasteiger charge is -2.07. The number of aliphatic imine (C=N–C) groups is 1. The number of nitrogens with zero attached hydrogens (tertiary/aromatic N) is 4. The van der Waals surface area contributed by atoms with Gasteiger partial charge in [0.15, 0.2) is 5.82 Å². The van der Waals surface area contributed by atoms with E-state index in [0.29, 0.717) is 5.82 Å². The normalized spacial score (nSPS) is 11.2. The maximum Gasteiger partial charge on any atom is 0.333 e. The third kappa shape index (κ3) is 2.25. The van der Waals surface area contributed by atoms with Crippen LogP contribution in [0.5, 0.6) is 5.88 Å². The number of aromatic hydroxyl groups is 1. The highest BCUT2D eigenvalue weighted by molar-refractivity contribution is 5.83. The molecule has 0 aromatic carbocycles. The minimum Gasteiger partial charge on any atom is -0.494 e. The second-order valence-electron chi connectivity index (χ2n) is 4.35. The molecule has 20 heavy (non-hydrogen) atoms. The molecule has 2 rings (SSSR count). The van der Waals surface area contributed by atoms with Gasteiger partial charge in [0.1, 0.15) is 5.56 Å². The van der Waals surface area contributed by atoms with Crippen LogP contribution in [0.15, 0.2) is 32.9 Å². The second kappa shape index (κ2) is 5.12. The van der Waals surface area contributed by atoms with Gasteiger partial charge in [-0.25, -0.2) is 14.8 Å². The first-order valence-electron chi connectivity index (χ1n) is 5.88. The van der Waals surface area contributed by atoms with Crippen molar-refractivity contribution in [3.8, 4) is 5.88 Å². The van der Waals surface area contributed by atoms with Crippen molar-refractivity contribution in [1.29, 1.82) is 0 Å². The molecule has 0 unspecified atom stereocenters. The highest BCUT2D eigenvalue weighted by Gasteiger charge is 2.12. The lowest BCUT2D eigenvalue weighted by molar-refractivity contribution is 0.410. The van der Waals surface area contributed by atoms with E-state index in [0.717, 1.165) is 14.7 Å². The highest BCUT2D eigenvalue weighted by atomic mass is 16.3. The largest absolute Gasteiger partial charge is 0.494 e. The molecule has 0 radical (unpaired) electrons. The lowest BCUT2D eigenvalue weighted by Crippen LogP contribution is -2.38. The van der Waals surface area contributed by atoms with Crippen LogP contribution < -0.4 is 11.2 Å². The fraction of sp³-hybridized carbons (Fsp3) is 0.231. The number of hydrogen-bond donors (Lipinski definition) is 1. The molecule has 104 valence electrons. The topological polar surface area (TPSA) is 89.5 Å². The Morgan fingerprint density at radius 1 is 1.30 bits per heavy atom. The molecule has 0 aliphatic heterocycles. The van der Waals surface area contributed by atoms with Crippen molar-refractivity contribution >= 4 is 12.0 Å². The smallest absolute Gasteiger partial charge is 0.333 e. The number of rotatable bonds is 2. The minimum absolute atomic E-state index is 0.0559. The molecule has 0 fully saturated rings. The van der Waals surface area contributed by atoms with Crippen molar-refractivity contribution in [2.24, 2.45) is 19.1 Å². The third-order valence-corrected chi connectivity index (χ3v) is 2.97. The van der Waals surface area contributed by atoms with E-state index in [1.807, 2.05) is 13.0 Å². The zero-order valence-electron chi connectivity index (χ0n) is 11.4. The number of hydrogen-bond acceptors (Lipinski definition) is 5. The summed E-state index contributed by atoms with van der Waals surface area (Å²) in [5.41, 5.74) is -0.425. The lowest BCUT2D eigenvalue weighted by atomic mass is 10.3. The monoisotopic (exact) mass is 274 g/mol. The summed E-state index contributed by atoms with van der Waals surface area (Å²) >= 11 is 0. The molecule has 0 aliphatic rings. The average Bonchev–Trinajstić information content (AvgIpc) is 2.45. The van der Waals surface area contributed by atoms with Crippen molar-refractivity contribution < 1.29 is 5.11 Å². The highest BCUT2D eigenvalue weighted by Crippen LogP contribution is 2.14. The Morgan fingerprint density at radius 3 is 2.65 bits per heavy atom. The van der Waals surface area contributed by atoms with Crippen molar-refractivity contribution in [2.45, 2.75) is 6.92 Å². The Balaban J connectivity index is 2.59. The van der Waals surface area contributed by atoms with E-state index in [2.05, 4.69) is 9.98 Å². The Morgan fingerprint density at radius 2 is 2.00 bits per heavy atom. The molecule has 7 heteroatoms. The molecule has 1 N–H and O–H groups in total. The van der Waals surface area contributed by atoms with Gasteiger partial charge < -0.3 is 5.11 Å². The summed E-state index contributed by atoms with van der Waals surface area (Å²) in [6.45, 7) is 1.83. The fourth-order valence-corrected chi connectivity index (χ4v) is 1.71. The van der Waals surface area contributed by atoms with E-state index in [9.17, 15) is 14.7 Å². The van der Waals surface area contributed by atoms with E-state index in [-0.39, 0.29) is 5.56 Å². The first-order chi connectivity index (χ1) is 9.43. The Labute approximate surface area is 114 Å². The molecule has 2 heterocycles. The zero-order valence-corrected chi connectivity index (χ0v) is 11.4. The molecule has 0 spiro atoms. The van der Waals surface area contributed by atoms with Crippen molar-refractivity contribution in [3.05, 3.63) is 50.3 Å². The van der Waals surface area contributed by atoms with E-state index < -0.39 is 17.1 Å². The Kier molecular flexibility index (Phi) is 3.51. The average molecular weight is 274 g/mol. The predicted molar refractivity (Wildman–Crippen MR) is 74.8 cm³/mol. The molecule has 0 atom stereocenters. The van der Waals surface area contributed by atoms with E-state index in [1.165, 1.54) is 20.3 Å². The van der Waals surface area contributed by atoms with Gasteiger partial charge in [0, 0.05) is 26.5 Å². The van der Waals surface area contributed by atoms with Gasteiger partial charge in [-0.1, -0.05) is 6.07 Å². The van der Waals surface area contributed by atoms with Crippen LogP contribution in [0, 0.1) is 6.92 Å². The molecule has 2 aromatic rings. The van der Waals surface area contributed by atoms with Crippen LogP contribution in [0.4, 0.5) is 5.82 Å². The maximum absolute atomic E-state index is 11.9. The summed E-state index contributed by atoms with van der Waals surface area (Å²) in [7, 11) is 2.72. The first kappa shape index (κ1) is 13.7. The van der Waals surface area contributed by atoms with Crippen LogP contribution in [-0.2, 0) is 14.1 Å². The maximum atomic E-state index is 11.9. The van der Waals surface area contributed by atoms with E-state index in [4.69, 9.17) is 0 Å². The fourth-order valence-electron chi connectivity index (χ4n) is 1.71. The first-order valence-corrected chi connectivity index (χ1v) is 5.88. The molecular weight excluding hydrogens is 260 g/mol. The third-order valence-electron chi connectivity index (χ3n) is 2.97. The SMILES string of the molecule is Cc1cccnc1/N=C/c1c(O)n(C)c(=O)n(C)c1=O. The minimum atomic E-state index is -0.608. The van der Waals surface area contributed by atoms with Gasteiger partial charge in [0.05, 0.1) is 0 Å². The van der Waals surface area contributed by atoms with Gasteiger partial charge in [0.2, 0.25) is 5.88 Å². The molecule has 7 nitrogen and oxygen atoms in total. The second-order valence-corrected chi connectivity index (χ2v) is 4.35. The van der Waals surface area contributed by atoms with Crippen LogP contribution in [0.2, 0.25) is 0 Å². The van der Waals surface area contributed by atoms with Crippen molar-refractivity contribution in [3.63, 3.8) is 0 Å². The molecule has 0 saturated heterocycles. The van der Waals surface area contributed by atoms with Gasteiger partial charge in [-0.3, -0.25) is 13.9 Å². The summed E-state index contributed by atoms with van der Waals surface area (Å²) in [4.78, 5) is 31.7.